The molecule has 4 nitrogen and oxygen atoms in total. The van der Waals surface area contributed by atoms with Gasteiger partial charge in [0.2, 0.25) is 10.0 Å². The average molecular weight is 312 g/mol. The summed E-state index contributed by atoms with van der Waals surface area (Å²) in [6.07, 6.45) is 3.76. The zero-order valence-electron chi connectivity index (χ0n) is 13.4. The lowest BCUT2D eigenvalue weighted by atomic mass is 10.1. The molecule has 0 aromatic heterocycles. The van der Waals surface area contributed by atoms with E-state index in [1.165, 1.54) is 0 Å². The lowest BCUT2D eigenvalue weighted by Gasteiger charge is -2.22. The number of hydrogen-bond donors (Lipinski definition) is 1. The summed E-state index contributed by atoms with van der Waals surface area (Å²) in [6, 6.07) is 5.23. The molecule has 0 spiro atoms. The number of sulfonamides is 1. The van der Waals surface area contributed by atoms with Crippen LogP contribution in [0.15, 0.2) is 23.1 Å². The molecule has 0 amide bonds. The minimum absolute atomic E-state index is 0.379. The van der Waals surface area contributed by atoms with Gasteiger partial charge in [-0.05, 0) is 43.0 Å². The average Bonchev–Trinajstić information content (AvgIpc) is 2.47. The predicted molar refractivity (Wildman–Crippen MR) is 87.6 cm³/mol. The topological polar surface area (TPSA) is 63.4 Å². The Morgan fingerprint density at radius 1 is 1.10 bits per heavy atom. The second-order valence-corrected chi connectivity index (χ2v) is 7.34. The van der Waals surface area contributed by atoms with Gasteiger partial charge in [-0.3, -0.25) is 0 Å². The lowest BCUT2D eigenvalue weighted by Crippen LogP contribution is -2.33. The summed E-state index contributed by atoms with van der Waals surface area (Å²) in [5.41, 5.74) is 7.56. The predicted octanol–water partition coefficient (Wildman–Crippen LogP) is 3.04. The SMILES string of the molecule is CCCCN(CCCC)S(=O)(=O)c1ccc(CN)c(C)c1. The minimum atomic E-state index is -3.40. The fraction of sp³-hybridized carbons (Fsp3) is 0.625. The Morgan fingerprint density at radius 3 is 2.10 bits per heavy atom. The Labute approximate surface area is 129 Å². The summed E-state index contributed by atoms with van der Waals surface area (Å²) < 4.78 is 27.2. The van der Waals surface area contributed by atoms with Crippen LogP contribution < -0.4 is 5.73 Å². The summed E-state index contributed by atoms with van der Waals surface area (Å²) in [5, 5.41) is 0. The Kier molecular flexibility index (Phi) is 7.35. The van der Waals surface area contributed by atoms with Gasteiger partial charge in [0.05, 0.1) is 4.90 Å². The zero-order valence-corrected chi connectivity index (χ0v) is 14.2. The monoisotopic (exact) mass is 312 g/mol. The fourth-order valence-electron chi connectivity index (χ4n) is 2.23. The first-order chi connectivity index (χ1) is 9.97. The van der Waals surface area contributed by atoms with Crippen molar-refractivity contribution in [2.75, 3.05) is 13.1 Å². The van der Waals surface area contributed by atoms with Crippen LogP contribution in [0.25, 0.3) is 0 Å². The minimum Gasteiger partial charge on any atom is -0.326 e. The number of nitrogens with zero attached hydrogens (tertiary/aromatic N) is 1. The molecule has 1 aromatic carbocycles. The molecule has 0 radical (unpaired) electrons. The number of aryl methyl sites for hydroxylation is 1. The third kappa shape index (κ3) is 4.80. The fourth-order valence-corrected chi connectivity index (χ4v) is 3.83. The van der Waals surface area contributed by atoms with E-state index in [-0.39, 0.29) is 0 Å². The summed E-state index contributed by atoms with van der Waals surface area (Å²) in [4.78, 5) is 0.379. The van der Waals surface area contributed by atoms with Crippen LogP contribution in [0.2, 0.25) is 0 Å². The van der Waals surface area contributed by atoms with Crippen molar-refractivity contribution in [3.05, 3.63) is 29.3 Å². The third-order valence-electron chi connectivity index (χ3n) is 3.69. The Hall–Kier alpha value is -0.910. The highest BCUT2D eigenvalue weighted by Crippen LogP contribution is 2.20. The van der Waals surface area contributed by atoms with Gasteiger partial charge >= 0.3 is 0 Å². The van der Waals surface area contributed by atoms with Crippen LogP contribution in [0.5, 0.6) is 0 Å². The molecule has 120 valence electrons. The molecule has 5 heteroatoms. The second kappa shape index (κ2) is 8.51. The summed E-state index contributed by atoms with van der Waals surface area (Å²) in [7, 11) is -3.40. The number of benzene rings is 1. The Balaban J connectivity index is 3.06. The molecule has 0 aliphatic carbocycles. The molecule has 0 heterocycles. The van der Waals surface area contributed by atoms with Crippen LogP contribution in [-0.2, 0) is 16.6 Å². The molecule has 0 atom stereocenters. The van der Waals surface area contributed by atoms with E-state index in [9.17, 15) is 8.42 Å². The van der Waals surface area contributed by atoms with Crippen LogP contribution in [-0.4, -0.2) is 25.8 Å². The third-order valence-corrected chi connectivity index (χ3v) is 5.59. The molecule has 1 aromatic rings. The highest BCUT2D eigenvalue weighted by Gasteiger charge is 2.23. The maximum Gasteiger partial charge on any atom is 0.243 e. The first-order valence-electron chi connectivity index (χ1n) is 7.77. The van der Waals surface area contributed by atoms with Gasteiger partial charge < -0.3 is 5.73 Å². The molecule has 0 bridgehead atoms. The number of rotatable bonds is 9. The van der Waals surface area contributed by atoms with E-state index in [0.29, 0.717) is 24.5 Å². The maximum absolute atomic E-state index is 12.8. The van der Waals surface area contributed by atoms with Crippen molar-refractivity contribution >= 4 is 10.0 Å². The molecule has 0 saturated carbocycles. The Morgan fingerprint density at radius 2 is 1.67 bits per heavy atom. The van der Waals surface area contributed by atoms with Gasteiger partial charge in [-0.15, -0.1) is 0 Å². The lowest BCUT2D eigenvalue weighted by molar-refractivity contribution is 0.395. The van der Waals surface area contributed by atoms with Crippen molar-refractivity contribution in [2.45, 2.75) is 57.9 Å². The highest BCUT2D eigenvalue weighted by atomic mass is 32.2. The molecule has 2 N–H and O–H groups in total. The molecule has 1 rings (SSSR count). The molecule has 0 saturated heterocycles. The van der Waals surface area contributed by atoms with Crippen molar-refractivity contribution in [3.8, 4) is 0 Å². The van der Waals surface area contributed by atoms with Gasteiger partial charge in [0.15, 0.2) is 0 Å². The van der Waals surface area contributed by atoms with Crippen molar-refractivity contribution in [3.63, 3.8) is 0 Å². The normalized spacial score (nSPS) is 12.0. The zero-order chi connectivity index (χ0) is 15.9. The molecule has 0 aliphatic heterocycles. The standard InChI is InChI=1S/C16H28N2O2S/c1-4-6-10-18(11-7-5-2)21(19,20)16-9-8-15(13-17)14(3)12-16/h8-9,12H,4-7,10-11,13,17H2,1-3H3. The van der Waals surface area contributed by atoms with E-state index in [1.807, 2.05) is 13.0 Å². The number of nitrogens with two attached hydrogens (primary N) is 1. The van der Waals surface area contributed by atoms with Gasteiger partial charge in [-0.2, -0.15) is 4.31 Å². The van der Waals surface area contributed by atoms with Crippen LogP contribution >= 0.6 is 0 Å². The van der Waals surface area contributed by atoms with E-state index in [4.69, 9.17) is 5.73 Å². The van der Waals surface area contributed by atoms with Gasteiger partial charge in [0.25, 0.3) is 0 Å². The van der Waals surface area contributed by atoms with E-state index >= 15 is 0 Å². The van der Waals surface area contributed by atoms with Crippen molar-refractivity contribution in [2.24, 2.45) is 5.73 Å². The van der Waals surface area contributed by atoms with E-state index < -0.39 is 10.0 Å². The molecular weight excluding hydrogens is 284 g/mol. The summed E-state index contributed by atoms with van der Waals surface area (Å²) >= 11 is 0. The van der Waals surface area contributed by atoms with Crippen LogP contribution in [0.4, 0.5) is 0 Å². The summed E-state index contributed by atoms with van der Waals surface area (Å²) in [6.45, 7) is 7.67. The van der Waals surface area contributed by atoms with Crippen LogP contribution in [0, 0.1) is 6.92 Å². The van der Waals surface area contributed by atoms with Gasteiger partial charge in [0.1, 0.15) is 0 Å². The molecule has 0 aliphatic rings. The van der Waals surface area contributed by atoms with E-state index in [1.54, 1.807) is 16.4 Å². The van der Waals surface area contributed by atoms with E-state index in [2.05, 4.69) is 13.8 Å². The second-order valence-electron chi connectivity index (χ2n) is 5.40. The van der Waals surface area contributed by atoms with Gasteiger partial charge in [-0.1, -0.05) is 32.8 Å². The van der Waals surface area contributed by atoms with Gasteiger partial charge in [-0.25, -0.2) is 8.42 Å². The molecule has 21 heavy (non-hydrogen) atoms. The molecule has 0 unspecified atom stereocenters. The number of unbranched alkanes of at least 4 members (excludes halogenated alkanes) is 2. The highest BCUT2D eigenvalue weighted by molar-refractivity contribution is 7.89. The van der Waals surface area contributed by atoms with Crippen molar-refractivity contribution in [1.29, 1.82) is 0 Å². The smallest absolute Gasteiger partial charge is 0.243 e. The van der Waals surface area contributed by atoms with Crippen molar-refractivity contribution in [1.82, 2.24) is 4.31 Å². The summed E-state index contributed by atoms with van der Waals surface area (Å²) in [5.74, 6) is 0. The first kappa shape index (κ1) is 18.1. The maximum atomic E-state index is 12.8. The quantitative estimate of drug-likeness (QED) is 0.762. The van der Waals surface area contributed by atoms with Gasteiger partial charge in [0, 0.05) is 19.6 Å². The largest absolute Gasteiger partial charge is 0.326 e. The Bertz CT molecular complexity index is 533. The van der Waals surface area contributed by atoms with Crippen LogP contribution in [0.3, 0.4) is 0 Å². The van der Waals surface area contributed by atoms with Crippen LogP contribution in [0.1, 0.15) is 50.7 Å². The van der Waals surface area contributed by atoms with Crippen molar-refractivity contribution < 1.29 is 8.42 Å². The molecular formula is C16H28N2O2S. The molecule has 0 fully saturated rings. The first-order valence-corrected chi connectivity index (χ1v) is 9.21. The van der Waals surface area contributed by atoms with E-state index in [0.717, 1.165) is 36.8 Å². The number of hydrogen-bond acceptors (Lipinski definition) is 3.